The normalized spacial score (nSPS) is 12.4. The predicted molar refractivity (Wildman–Crippen MR) is 60.4 cm³/mol. The summed E-state index contributed by atoms with van der Waals surface area (Å²) in [5, 5.41) is 11.8. The van der Waals surface area contributed by atoms with Crippen LogP contribution in [-0.2, 0) is 11.2 Å². The van der Waals surface area contributed by atoms with Crippen LogP contribution in [0.1, 0.15) is 5.56 Å². The summed E-state index contributed by atoms with van der Waals surface area (Å²) in [6.45, 7) is -0.137. The maximum absolute atomic E-state index is 10.3. The Bertz CT molecular complexity index is 327. The highest BCUT2D eigenvalue weighted by molar-refractivity contribution is 6.30. The van der Waals surface area contributed by atoms with E-state index >= 15 is 0 Å². The average Bonchev–Trinajstić information content (AvgIpc) is 2.19. The Balaban J connectivity index is 2.40. The van der Waals surface area contributed by atoms with Crippen molar-refractivity contribution in [1.29, 1.82) is 0 Å². The van der Waals surface area contributed by atoms with Gasteiger partial charge in [0, 0.05) is 11.4 Å². The van der Waals surface area contributed by atoms with Gasteiger partial charge in [-0.3, -0.25) is 10.1 Å². The second kappa shape index (κ2) is 5.95. The Hall–Kier alpha value is -0.770. The lowest BCUT2D eigenvalue weighted by atomic mass is 10.1. The van der Waals surface area contributed by atoms with Crippen LogP contribution in [0.2, 0.25) is 5.02 Å². The summed E-state index contributed by atoms with van der Waals surface area (Å²) in [6.07, 6.45) is 0.562. The molecule has 1 unspecified atom stereocenters. The Morgan fingerprint density at radius 1 is 1.40 bits per heavy atom. The van der Waals surface area contributed by atoms with Crippen LogP contribution in [0.25, 0.3) is 0 Å². The fourth-order valence-corrected chi connectivity index (χ4v) is 1.48. The number of carbonyl (C=O) groups is 1. The van der Waals surface area contributed by atoms with Crippen LogP contribution in [0.4, 0.5) is 0 Å². The number of aliphatic carboxylic acids is 1. The molecule has 0 fully saturated rings. The molecule has 1 rings (SSSR count). The molecule has 0 spiro atoms. The minimum Gasteiger partial charge on any atom is -0.480 e. The molecule has 15 heavy (non-hydrogen) atoms. The number of rotatable bonds is 5. The van der Waals surface area contributed by atoms with Crippen molar-refractivity contribution < 1.29 is 9.90 Å². The van der Waals surface area contributed by atoms with Crippen LogP contribution in [0.5, 0.6) is 0 Å². The summed E-state index contributed by atoms with van der Waals surface area (Å²) < 4.78 is 0. The van der Waals surface area contributed by atoms with Gasteiger partial charge in [-0.25, -0.2) is 0 Å². The number of hydrogen-bond donors (Lipinski definition) is 2. The standard InChI is InChI=1S/C10H11Cl2NO2/c11-8-3-1-7(2-4-8)5-9(12)13-6-10(14)15/h1-4,9,13H,5-6H2,(H,14,15). The van der Waals surface area contributed by atoms with Gasteiger partial charge in [0.1, 0.15) is 0 Å². The number of carboxylic acid groups (broad SMARTS) is 1. The third-order valence-electron chi connectivity index (χ3n) is 1.80. The molecule has 1 aromatic carbocycles. The van der Waals surface area contributed by atoms with Gasteiger partial charge in [-0.2, -0.15) is 0 Å². The SMILES string of the molecule is O=C(O)CNC(Cl)Cc1ccc(Cl)cc1. The van der Waals surface area contributed by atoms with Crippen molar-refractivity contribution in [2.45, 2.75) is 11.9 Å². The van der Waals surface area contributed by atoms with Crippen LogP contribution in [-0.4, -0.2) is 23.1 Å². The fourth-order valence-electron chi connectivity index (χ4n) is 1.10. The van der Waals surface area contributed by atoms with E-state index in [1.165, 1.54) is 0 Å². The average molecular weight is 248 g/mol. The summed E-state index contributed by atoms with van der Waals surface area (Å²) in [7, 11) is 0. The first-order chi connectivity index (χ1) is 7.08. The molecule has 0 aliphatic heterocycles. The van der Waals surface area contributed by atoms with Gasteiger partial charge >= 0.3 is 5.97 Å². The summed E-state index contributed by atoms with van der Waals surface area (Å²) in [4.78, 5) is 10.3. The minimum absolute atomic E-state index is 0.137. The topological polar surface area (TPSA) is 49.3 Å². The van der Waals surface area contributed by atoms with Crippen molar-refractivity contribution in [3.63, 3.8) is 0 Å². The molecule has 0 aromatic heterocycles. The molecular weight excluding hydrogens is 237 g/mol. The summed E-state index contributed by atoms with van der Waals surface area (Å²) in [5.74, 6) is -0.920. The number of carboxylic acids is 1. The van der Waals surface area contributed by atoms with Gasteiger partial charge in [0.25, 0.3) is 0 Å². The van der Waals surface area contributed by atoms with Gasteiger partial charge in [-0.1, -0.05) is 23.7 Å². The zero-order valence-corrected chi connectivity index (χ0v) is 9.42. The minimum atomic E-state index is -0.920. The zero-order valence-electron chi connectivity index (χ0n) is 7.91. The van der Waals surface area contributed by atoms with Gasteiger partial charge in [-0.15, -0.1) is 11.6 Å². The van der Waals surface area contributed by atoms with E-state index in [2.05, 4.69) is 5.32 Å². The molecule has 0 heterocycles. The predicted octanol–water partition coefficient (Wildman–Crippen LogP) is 2.12. The molecule has 0 aliphatic rings. The molecule has 0 bridgehead atoms. The molecule has 5 heteroatoms. The Labute approximate surface area is 98.0 Å². The van der Waals surface area contributed by atoms with Gasteiger partial charge in [-0.05, 0) is 17.7 Å². The first-order valence-corrected chi connectivity index (χ1v) is 5.23. The van der Waals surface area contributed by atoms with E-state index in [0.717, 1.165) is 5.56 Å². The van der Waals surface area contributed by atoms with Crippen molar-refractivity contribution in [2.24, 2.45) is 0 Å². The first kappa shape index (κ1) is 12.3. The number of benzene rings is 1. The van der Waals surface area contributed by atoms with Crippen molar-refractivity contribution >= 4 is 29.2 Å². The maximum atomic E-state index is 10.3. The molecule has 0 radical (unpaired) electrons. The zero-order chi connectivity index (χ0) is 11.3. The van der Waals surface area contributed by atoms with Gasteiger partial charge < -0.3 is 5.11 Å². The van der Waals surface area contributed by atoms with Crippen LogP contribution in [0, 0.1) is 0 Å². The highest BCUT2D eigenvalue weighted by Crippen LogP contribution is 2.11. The van der Waals surface area contributed by atoms with E-state index in [1.54, 1.807) is 12.1 Å². The third-order valence-corrected chi connectivity index (χ3v) is 2.36. The van der Waals surface area contributed by atoms with Crippen LogP contribution in [0.3, 0.4) is 0 Å². The second-order valence-electron chi connectivity index (χ2n) is 3.07. The molecule has 1 aromatic rings. The molecule has 1 atom stereocenters. The molecular formula is C10H11Cl2NO2. The van der Waals surface area contributed by atoms with Gasteiger partial charge in [0.2, 0.25) is 0 Å². The smallest absolute Gasteiger partial charge is 0.317 e. The maximum Gasteiger partial charge on any atom is 0.317 e. The molecule has 3 nitrogen and oxygen atoms in total. The monoisotopic (exact) mass is 247 g/mol. The number of alkyl halides is 1. The summed E-state index contributed by atoms with van der Waals surface area (Å²) in [5.41, 5.74) is 0.625. The van der Waals surface area contributed by atoms with Gasteiger partial charge in [0.15, 0.2) is 0 Å². The molecule has 0 aliphatic carbocycles. The van der Waals surface area contributed by atoms with Crippen molar-refractivity contribution in [3.05, 3.63) is 34.9 Å². The highest BCUT2D eigenvalue weighted by Gasteiger charge is 2.06. The van der Waals surface area contributed by atoms with Crippen molar-refractivity contribution in [1.82, 2.24) is 5.32 Å². The molecule has 0 amide bonds. The Morgan fingerprint density at radius 2 is 2.00 bits per heavy atom. The van der Waals surface area contributed by atoms with Crippen molar-refractivity contribution in [3.8, 4) is 0 Å². The molecule has 82 valence electrons. The van der Waals surface area contributed by atoms with Crippen LogP contribution in [0.15, 0.2) is 24.3 Å². The molecule has 0 saturated carbocycles. The third kappa shape index (κ3) is 5.02. The lowest BCUT2D eigenvalue weighted by Gasteiger charge is -2.09. The molecule has 0 saturated heterocycles. The Kier molecular flexibility index (Phi) is 4.88. The van der Waals surface area contributed by atoms with Crippen LogP contribution < -0.4 is 5.32 Å². The van der Waals surface area contributed by atoms with E-state index in [-0.39, 0.29) is 12.0 Å². The number of halogens is 2. The Morgan fingerprint density at radius 3 is 2.53 bits per heavy atom. The van der Waals surface area contributed by atoms with E-state index in [1.807, 2.05) is 12.1 Å². The quantitative estimate of drug-likeness (QED) is 0.619. The van der Waals surface area contributed by atoms with Crippen LogP contribution >= 0.6 is 23.2 Å². The summed E-state index contributed by atoms with van der Waals surface area (Å²) in [6, 6.07) is 7.27. The van der Waals surface area contributed by atoms with E-state index in [4.69, 9.17) is 28.3 Å². The number of hydrogen-bond acceptors (Lipinski definition) is 2. The highest BCUT2D eigenvalue weighted by atomic mass is 35.5. The van der Waals surface area contributed by atoms with E-state index in [9.17, 15) is 4.79 Å². The van der Waals surface area contributed by atoms with E-state index in [0.29, 0.717) is 11.4 Å². The summed E-state index contributed by atoms with van der Waals surface area (Å²) >= 11 is 11.6. The lowest BCUT2D eigenvalue weighted by molar-refractivity contribution is -0.136. The first-order valence-electron chi connectivity index (χ1n) is 4.41. The van der Waals surface area contributed by atoms with Gasteiger partial charge in [0.05, 0.1) is 12.0 Å². The van der Waals surface area contributed by atoms with Crippen molar-refractivity contribution in [2.75, 3.05) is 6.54 Å². The lowest BCUT2D eigenvalue weighted by Crippen LogP contribution is -2.31. The molecule has 2 N–H and O–H groups in total. The van der Waals surface area contributed by atoms with E-state index < -0.39 is 5.97 Å². The fraction of sp³-hybridized carbons (Fsp3) is 0.300. The second-order valence-corrected chi connectivity index (χ2v) is 4.04. The largest absolute Gasteiger partial charge is 0.480 e. The number of nitrogens with one attached hydrogen (secondary N) is 1.